The molecule has 3 rings (SSSR count). The molecule has 1 amide bonds. The van der Waals surface area contributed by atoms with Gasteiger partial charge >= 0.3 is 0 Å². The molecule has 0 N–H and O–H groups in total. The predicted octanol–water partition coefficient (Wildman–Crippen LogP) is 4.17. The molecule has 0 saturated heterocycles. The van der Waals surface area contributed by atoms with Gasteiger partial charge in [0.2, 0.25) is 17.6 Å². The number of hydrogen-bond acceptors (Lipinski definition) is 5. The SMILES string of the molecule is CCCN(Cc1ccccc1)C(=O)CCc1nc(-c2cccs2)no1. The third-order valence-electron chi connectivity index (χ3n) is 3.82. The summed E-state index contributed by atoms with van der Waals surface area (Å²) >= 11 is 1.57. The molecule has 0 aliphatic carbocycles. The minimum Gasteiger partial charge on any atom is -0.339 e. The van der Waals surface area contributed by atoms with Gasteiger partial charge in [-0.15, -0.1) is 11.3 Å². The smallest absolute Gasteiger partial charge is 0.227 e. The second kappa shape index (κ2) is 8.58. The van der Waals surface area contributed by atoms with Crippen molar-refractivity contribution in [1.29, 1.82) is 0 Å². The molecule has 2 aromatic heterocycles. The molecule has 25 heavy (non-hydrogen) atoms. The average molecular weight is 355 g/mol. The van der Waals surface area contributed by atoms with Crippen molar-refractivity contribution < 1.29 is 9.32 Å². The molecule has 0 bridgehead atoms. The summed E-state index contributed by atoms with van der Waals surface area (Å²) in [6, 6.07) is 14.0. The lowest BCUT2D eigenvalue weighted by molar-refractivity contribution is -0.131. The highest BCUT2D eigenvalue weighted by Crippen LogP contribution is 2.21. The fourth-order valence-corrected chi connectivity index (χ4v) is 3.25. The Balaban J connectivity index is 1.58. The topological polar surface area (TPSA) is 59.2 Å². The lowest BCUT2D eigenvalue weighted by atomic mass is 10.2. The zero-order valence-electron chi connectivity index (χ0n) is 14.2. The van der Waals surface area contributed by atoms with E-state index in [9.17, 15) is 4.79 Å². The number of rotatable bonds is 8. The molecular formula is C19H21N3O2S. The number of aryl methyl sites for hydroxylation is 1. The van der Waals surface area contributed by atoms with E-state index in [0.29, 0.717) is 31.1 Å². The molecule has 0 fully saturated rings. The maximum Gasteiger partial charge on any atom is 0.227 e. The van der Waals surface area contributed by atoms with Gasteiger partial charge in [0.15, 0.2) is 0 Å². The minimum absolute atomic E-state index is 0.113. The molecule has 0 aliphatic heterocycles. The molecule has 2 heterocycles. The van der Waals surface area contributed by atoms with E-state index in [0.717, 1.165) is 23.4 Å². The number of amides is 1. The third-order valence-corrected chi connectivity index (χ3v) is 4.69. The normalized spacial score (nSPS) is 10.8. The number of carbonyl (C=O) groups excluding carboxylic acids is 1. The standard InChI is InChI=1S/C19H21N3O2S/c1-2-12-22(14-15-7-4-3-5-8-15)18(23)11-10-17-20-19(21-24-17)16-9-6-13-25-16/h3-9,13H,2,10-12,14H2,1H3. The van der Waals surface area contributed by atoms with Crippen LogP contribution in [-0.2, 0) is 17.8 Å². The van der Waals surface area contributed by atoms with Crippen LogP contribution in [0.5, 0.6) is 0 Å². The van der Waals surface area contributed by atoms with Crippen LogP contribution >= 0.6 is 11.3 Å². The number of aromatic nitrogens is 2. The molecule has 5 nitrogen and oxygen atoms in total. The summed E-state index contributed by atoms with van der Waals surface area (Å²) in [6.07, 6.45) is 1.77. The summed E-state index contributed by atoms with van der Waals surface area (Å²) in [5.41, 5.74) is 1.14. The Labute approximate surface area is 151 Å². The molecular weight excluding hydrogens is 334 g/mol. The third kappa shape index (κ3) is 4.76. The maximum absolute atomic E-state index is 12.6. The number of hydrogen-bond donors (Lipinski definition) is 0. The summed E-state index contributed by atoms with van der Waals surface area (Å²) < 4.78 is 5.27. The fourth-order valence-electron chi connectivity index (χ4n) is 2.60. The Kier molecular flexibility index (Phi) is 5.95. The lowest BCUT2D eigenvalue weighted by Gasteiger charge is -2.22. The first-order chi connectivity index (χ1) is 12.3. The van der Waals surface area contributed by atoms with Gasteiger partial charge in [-0.05, 0) is 23.4 Å². The monoisotopic (exact) mass is 355 g/mol. The minimum atomic E-state index is 0.113. The molecule has 0 aliphatic rings. The molecule has 0 radical (unpaired) electrons. The first-order valence-corrected chi connectivity index (χ1v) is 9.32. The van der Waals surface area contributed by atoms with Gasteiger partial charge in [0.25, 0.3) is 0 Å². The average Bonchev–Trinajstić information content (AvgIpc) is 3.31. The Hall–Kier alpha value is -2.47. The molecule has 3 aromatic rings. The van der Waals surface area contributed by atoms with E-state index >= 15 is 0 Å². The summed E-state index contributed by atoms with van der Waals surface area (Å²) in [5, 5.41) is 5.96. The molecule has 0 atom stereocenters. The van der Waals surface area contributed by atoms with E-state index in [1.165, 1.54) is 0 Å². The van der Waals surface area contributed by atoms with Gasteiger partial charge in [-0.25, -0.2) is 0 Å². The van der Waals surface area contributed by atoms with Crippen molar-refractivity contribution >= 4 is 17.2 Å². The zero-order chi connectivity index (χ0) is 17.5. The van der Waals surface area contributed by atoms with Crippen LogP contribution in [0.25, 0.3) is 10.7 Å². The van der Waals surface area contributed by atoms with Crippen LogP contribution in [0.1, 0.15) is 31.2 Å². The largest absolute Gasteiger partial charge is 0.339 e. The zero-order valence-corrected chi connectivity index (χ0v) is 15.0. The van der Waals surface area contributed by atoms with E-state index in [-0.39, 0.29) is 5.91 Å². The van der Waals surface area contributed by atoms with Crippen LogP contribution in [0, 0.1) is 0 Å². The Morgan fingerprint density at radius 1 is 1.20 bits per heavy atom. The Morgan fingerprint density at radius 2 is 2.04 bits per heavy atom. The molecule has 6 heteroatoms. The first-order valence-electron chi connectivity index (χ1n) is 8.44. The molecule has 0 spiro atoms. The van der Waals surface area contributed by atoms with Crippen LogP contribution < -0.4 is 0 Å². The summed E-state index contributed by atoms with van der Waals surface area (Å²) in [6.45, 7) is 3.46. The Morgan fingerprint density at radius 3 is 2.76 bits per heavy atom. The van der Waals surface area contributed by atoms with Gasteiger partial charge in [0.1, 0.15) is 0 Å². The van der Waals surface area contributed by atoms with Crippen LogP contribution in [0.2, 0.25) is 0 Å². The molecule has 0 saturated carbocycles. The number of carbonyl (C=O) groups is 1. The van der Waals surface area contributed by atoms with Crippen molar-refractivity contribution in [2.75, 3.05) is 6.54 Å². The van der Waals surface area contributed by atoms with Gasteiger partial charge in [-0.2, -0.15) is 4.98 Å². The highest BCUT2D eigenvalue weighted by molar-refractivity contribution is 7.13. The highest BCUT2D eigenvalue weighted by Gasteiger charge is 2.16. The van der Waals surface area contributed by atoms with Crippen molar-refractivity contribution in [1.82, 2.24) is 15.0 Å². The number of benzene rings is 1. The van der Waals surface area contributed by atoms with E-state index < -0.39 is 0 Å². The summed E-state index contributed by atoms with van der Waals surface area (Å²) in [4.78, 5) is 19.8. The second-order valence-corrected chi connectivity index (χ2v) is 6.74. The van der Waals surface area contributed by atoms with Crippen LogP contribution in [0.4, 0.5) is 0 Å². The van der Waals surface area contributed by atoms with E-state index in [1.54, 1.807) is 11.3 Å². The van der Waals surface area contributed by atoms with Crippen molar-refractivity contribution in [2.24, 2.45) is 0 Å². The fraction of sp³-hybridized carbons (Fsp3) is 0.316. The van der Waals surface area contributed by atoms with E-state index in [4.69, 9.17) is 4.52 Å². The number of thiophene rings is 1. The lowest BCUT2D eigenvalue weighted by Crippen LogP contribution is -2.31. The van der Waals surface area contributed by atoms with Crippen LogP contribution in [-0.4, -0.2) is 27.5 Å². The molecule has 1 aromatic carbocycles. The Bertz CT molecular complexity index is 784. The van der Waals surface area contributed by atoms with Gasteiger partial charge in [0.05, 0.1) is 4.88 Å². The van der Waals surface area contributed by atoms with Crippen LogP contribution in [0.15, 0.2) is 52.4 Å². The van der Waals surface area contributed by atoms with Gasteiger partial charge < -0.3 is 9.42 Å². The van der Waals surface area contributed by atoms with Crippen molar-refractivity contribution in [3.8, 4) is 10.7 Å². The van der Waals surface area contributed by atoms with Crippen molar-refractivity contribution in [3.63, 3.8) is 0 Å². The van der Waals surface area contributed by atoms with Crippen molar-refractivity contribution in [2.45, 2.75) is 32.7 Å². The number of nitrogens with zero attached hydrogens (tertiary/aromatic N) is 3. The van der Waals surface area contributed by atoms with Gasteiger partial charge in [0, 0.05) is 25.9 Å². The van der Waals surface area contributed by atoms with Crippen molar-refractivity contribution in [3.05, 3.63) is 59.3 Å². The quantitative estimate of drug-likeness (QED) is 0.608. The summed E-state index contributed by atoms with van der Waals surface area (Å²) in [7, 11) is 0. The first kappa shape index (κ1) is 17.4. The van der Waals surface area contributed by atoms with Gasteiger partial charge in [-0.3, -0.25) is 4.79 Å². The molecule has 0 unspecified atom stereocenters. The maximum atomic E-state index is 12.6. The summed E-state index contributed by atoms with van der Waals surface area (Å²) in [5.74, 6) is 1.21. The van der Waals surface area contributed by atoms with E-state index in [2.05, 4.69) is 17.1 Å². The highest BCUT2D eigenvalue weighted by atomic mass is 32.1. The van der Waals surface area contributed by atoms with Gasteiger partial charge in [-0.1, -0.05) is 48.5 Å². The van der Waals surface area contributed by atoms with E-state index in [1.807, 2.05) is 52.7 Å². The predicted molar refractivity (Wildman–Crippen MR) is 98.1 cm³/mol. The molecule has 130 valence electrons. The second-order valence-electron chi connectivity index (χ2n) is 5.79. The van der Waals surface area contributed by atoms with Crippen LogP contribution in [0.3, 0.4) is 0 Å².